The second-order valence-electron chi connectivity index (χ2n) is 4.97. The molecule has 0 amide bonds. The fraction of sp³-hybridized carbons (Fsp3) is 0.500. The molecule has 0 N–H and O–H groups in total. The predicted octanol–water partition coefficient (Wildman–Crippen LogP) is 5.06. The van der Waals surface area contributed by atoms with Crippen molar-refractivity contribution >= 4 is 5.57 Å². The maximum atomic E-state index is 2.50. The molecule has 0 unspecified atom stereocenters. The lowest BCUT2D eigenvalue weighted by molar-refractivity contribution is 0.560. The van der Waals surface area contributed by atoms with Gasteiger partial charge in [-0.15, -0.1) is 0 Å². The summed E-state index contributed by atoms with van der Waals surface area (Å²) in [5.41, 5.74) is 2.83. The molecule has 86 valence electrons. The highest BCUT2D eigenvalue weighted by Gasteiger charge is 2.10. The van der Waals surface area contributed by atoms with E-state index in [4.69, 9.17) is 0 Å². The van der Waals surface area contributed by atoms with Crippen molar-refractivity contribution in [2.24, 2.45) is 5.92 Å². The van der Waals surface area contributed by atoms with Crippen LogP contribution in [-0.2, 0) is 0 Å². The average molecular weight is 214 g/mol. The van der Waals surface area contributed by atoms with E-state index < -0.39 is 0 Å². The first-order valence-electron chi connectivity index (χ1n) is 6.60. The molecule has 0 saturated heterocycles. The van der Waals surface area contributed by atoms with Gasteiger partial charge in [0, 0.05) is 0 Å². The van der Waals surface area contributed by atoms with Crippen LogP contribution in [0.2, 0.25) is 0 Å². The van der Waals surface area contributed by atoms with Crippen LogP contribution in [0, 0.1) is 5.92 Å². The highest BCUT2D eigenvalue weighted by atomic mass is 14.2. The molecule has 1 saturated carbocycles. The van der Waals surface area contributed by atoms with Crippen LogP contribution < -0.4 is 0 Å². The molecule has 1 fully saturated rings. The van der Waals surface area contributed by atoms with Gasteiger partial charge in [-0.3, -0.25) is 0 Å². The predicted molar refractivity (Wildman–Crippen MR) is 71.3 cm³/mol. The molecule has 1 aliphatic rings. The molecule has 1 aliphatic carbocycles. The zero-order chi connectivity index (χ0) is 11.2. The van der Waals surface area contributed by atoms with Crippen molar-refractivity contribution in [3.05, 3.63) is 42.0 Å². The monoisotopic (exact) mass is 214 g/mol. The van der Waals surface area contributed by atoms with Crippen LogP contribution in [0.15, 0.2) is 36.4 Å². The second kappa shape index (κ2) is 5.89. The van der Waals surface area contributed by atoms with E-state index in [0.717, 1.165) is 5.92 Å². The zero-order valence-electron chi connectivity index (χ0n) is 10.3. The van der Waals surface area contributed by atoms with Crippen molar-refractivity contribution in [3.63, 3.8) is 0 Å². The SMILES string of the molecule is C/C(=C\C1CCCCCC1)c1ccccc1. The largest absolute Gasteiger partial charge is 0.0779 e. The summed E-state index contributed by atoms with van der Waals surface area (Å²) < 4.78 is 0. The zero-order valence-corrected chi connectivity index (χ0v) is 10.3. The Kier molecular flexibility index (Phi) is 4.21. The molecule has 0 bridgehead atoms. The van der Waals surface area contributed by atoms with Gasteiger partial charge in [0.2, 0.25) is 0 Å². The first-order chi connectivity index (χ1) is 7.86. The maximum absolute atomic E-state index is 2.50. The van der Waals surface area contributed by atoms with Crippen LogP contribution in [-0.4, -0.2) is 0 Å². The fourth-order valence-corrected chi connectivity index (χ4v) is 2.63. The van der Waals surface area contributed by atoms with E-state index in [-0.39, 0.29) is 0 Å². The van der Waals surface area contributed by atoms with E-state index in [1.807, 2.05) is 0 Å². The summed E-state index contributed by atoms with van der Waals surface area (Å²) in [6, 6.07) is 10.8. The number of rotatable bonds is 2. The fourth-order valence-electron chi connectivity index (χ4n) is 2.63. The Balaban J connectivity index is 2.05. The van der Waals surface area contributed by atoms with Crippen LogP contribution in [0.5, 0.6) is 0 Å². The Morgan fingerprint density at radius 1 is 1.00 bits per heavy atom. The van der Waals surface area contributed by atoms with Crippen molar-refractivity contribution in [2.45, 2.75) is 45.4 Å². The van der Waals surface area contributed by atoms with Gasteiger partial charge in [0.1, 0.15) is 0 Å². The van der Waals surface area contributed by atoms with E-state index in [2.05, 4.69) is 43.3 Å². The standard InChI is InChI=1S/C16H22/c1-14(16-11-7-4-8-12-16)13-15-9-5-2-3-6-10-15/h4,7-8,11-13,15H,2-3,5-6,9-10H2,1H3/b14-13+. The van der Waals surface area contributed by atoms with E-state index in [1.54, 1.807) is 0 Å². The lowest BCUT2D eigenvalue weighted by atomic mass is 9.95. The third-order valence-electron chi connectivity index (χ3n) is 3.61. The summed E-state index contributed by atoms with van der Waals surface area (Å²) in [6.45, 7) is 2.25. The minimum atomic E-state index is 0.822. The number of benzene rings is 1. The average Bonchev–Trinajstić information content (AvgIpc) is 2.59. The van der Waals surface area contributed by atoms with Gasteiger partial charge in [0.05, 0.1) is 0 Å². The minimum absolute atomic E-state index is 0.822. The van der Waals surface area contributed by atoms with Crippen LogP contribution in [0.4, 0.5) is 0 Å². The lowest BCUT2D eigenvalue weighted by Gasteiger charge is -2.10. The highest BCUT2D eigenvalue weighted by Crippen LogP contribution is 2.26. The molecule has 0 spiro atoms. The normalized spacial score (nSPS) is 19.4. The van der Waals surface area contributed by atoms with Gasteiger partial charge < -0.3 is 0 Å². The second-order valence-corrected chi connectivity index (χ2v) is 4.97. The summed E-state index contributed by atoms with van der Waals surface area (Å²) in [5, 5.41) is 0. The van der Waals surface area contributed by atoms with E-state index in [9.17, 15) is 0 Å². The molecule has 0 heterocycles. The Bertz CT molecular complexity index is 326. The number of hydrogen-bond donors (Lipinski definition) is 0. The van der Waals surface area contributed by atoms with Gasteiger partial charge in [-0.1, -0.05) is 62.1 Å². The van der Waals surface area contributed by atoms with Crippen molar-refractivity contribution in [1.82, 2.24) is 0 Å². The first kappa shape index (κ1) is 11.4. The summed E-state index contributed by atoms with van der Waals surface area (Å²) >= 11 is 0. The van der Waals surface area contributed by atoms with E-state index in [0.29, 0.717) is 0 Å². The first-order valence-corrected chi connectivity index (χ1v) is 6.60. The van der Waals surface area contributed by atoms with Crippen molar-refractivity contribution in [1.29, 1.82) is 0 Å². The van der Waals surface area contributed by atoms with Gasteiger partial charge in [-0.05, 0) is 36.8 Å². The molecule has 1 aromatic carbocycles. The quantitative estimate of drug-likeness (QED) is 0.604. The summed E-state index contributed by atoms with van der Waals surface area (Å²) in [4.78, 5) is 0. The van der Waals surface area contributed by atoms with Crippen molar-refractivity contribution in [2.75, 3.05) is 0 Å². The molecular weight excluding hydrogens is 192 g/mol. The molecule has 16 heavy (non-hydrogen) atoms. The van der Waals surface area contributed by atoms with Crippen molar-refractivity contribution < 1.29 is 0 Å². The summed E-state index contributed by atoms with van der Waals surface area (Å²) in [5.74, 6) is 0.822. The summed E-state index contributed by atoms with van der Waals surface area (Å²) in [6.07, 6.45) is 11.0. The highest BCUT2D eigenvalue weighted by molar-refractivity contribution is 5.63. The molecule has 1 aromatic rings. The molecule has 0 heteroatoms. The maximum Gasteiger partial charge on any atom is -0.0228 e. The molecule has 0 aliphatic heterocycles. The van der Waals surface area contributed by atoms with Crippen LogP contribution >= 0.6 is 0 Å². The summed E-state index contributed by atoms with van der Waals surface area (Å²) in [7, 11) is 0. The van der Waals surface area contributed by atoms with Gasteiger partial charge >= 0.3 is 0 Å². The Morgan fingerprint density at radius 3 is 2.25 bits per heavy atom. The van der Waals surface area contributed by atoms with E-state index >= 15 is 0 Å². The molecule has 0 nitrogen and oxygen atoms in total. The van der Waals surface area contributed by atoms with Gasteiger partial charge in [0.25, 0.3) is 0 Å². The molecular formula is C16H22. The topological polar surface area (TPSA) is 0 Å². The van der Waals surface area contributed by atoms with Crippen LogP contribution in [0.3, 0.4) is 0 Å². The smallest absolute Gasteiger partial charge is 0.0228 e. The van der Waals surface area contributed by atoms with E-state index in [1.165, 1.54) is 49.7 Å². The number of hydrogen-bond acceptors (Lipinski definition) is 0. The Hall–Kier alpha value is -1.04. The number of allylic oxidation sites excluding steroid dienone is 2. The third-order valence-corrected chi connectivity index (χ3v) is 3.61. The molecule has 2 rings (SSSR count). The minimum Gasteiger partial charge on any atom is -0.0779 e. The van der Waals surface area contributed by atoms with Crippen LogP contribution in [0.1, 0.15) is 51.0 Å². The molecule has 0 radical (unpaired) electrons. The Morgan fingerprint density at radius 2 is 1.62 bits per heavy atom. The van der Waals surface area contributed by atoms with Gasteiger partial charge in [0.15, 0.2) is 0 Å². The molecule has 0 atom stereocenters. The Labute approximate surface area is 99.4 Å². The molecule has 0 aromatic heterocycles. The van der Waals surface area contributed by atoms with Gasteiger partial charge in [-0.2, -0.15) is 0 Å². The van der Waals surface area contributed by atoms with Crippen LogP contribution in [0.25, 0.3) is 5.57 Å². The third kappa shape index (κ3) is 3.23. The van der Waals surface area contributed by atoms with Crippen molar-refractivity contribution in [3.8, 4) is 0 Å². The lowest BCUT2D eigenvalue weighted by Crippen LogP contribution is -1.95. The van der Waals surface area contributed by atoms with Gasteiger partial charge in [-0.25, -0.2) is 0 Å².